The van der Waals surface area contributed by atoms with Gasteiger partial charge in [0.15, 0.2) is 10.8 Å². The highest BCUT2D eigenvalue weighted by Crippen LogP contribution is 2.45. The van der Waals surface area contributed by atoms with E-state index < -0.39 is 0 Å². The maximum atomic E-state index is 6.23. The van der Waals surface area contributed by atoms with Gasteiger partial charge in [-0.25, -0.2) is 0 Å². The number of benzene rings is 1. The van der Waals surface area contributed by atoms with Crippen LogP contribution in [0.15, 0.2) is 18.2 Å². The molecule has 2 heterocycles. The van der Waals surface area contributed by atoms with Gasteiger partial charge >= 0.3 is 0 Å². The molecule has 2 aliphatic heterocycles. The van der Waals surface area contributed by atoms with E-state index in [1.165, 1.54) is 0 Å². The fourth-order valence-corrected chi connectivity index (χ4v) is 3.87. The van der Waals surface area contributed by atoms with Gasteiger partial charge in [-0.05, 0) is 51.2 Å². The molecule has 2 bridgehead atoms. The number of halogens is 1. The number of thiocarbonyl (C=S) groups is 1. The largest absolute Gasteiger partial charge is 0.468 e. The lowest BCUT2D eigenvalue weighted by atomic mass is 9.90. The molecular formula is C14H17ClN2OS. The van der Waals surface area contributed by atoms with Crippen LogP contribution in [-0.4, -0.2) is 21.8 Å². The van der Waals surface area contributed by atoms with Crippen LogP contribution in [0.4, 0.5) is 0 Å². The first-order valence-corrected chi connectivity index (χ1v) is 7.27. The van der Waals surface area contributed by atoms with E-state index in [1.807, 2.05) is 18.2 Å². The zero-order valence-electron chi connectivity index (χ0n) is 11.2. The fraction of sp³-hybridized carbons (Fsp3) is 0.500. The molecule has 0 saturated carbocycles. The minimum atomic E-state index is -0.387. The van der Waals surface area contributed by atoms with Crippen molar-refractivity contribution in [2.45, 2.75) is 45.0 Å². The van der Waals surface area contributed by atoms with Crippen LogP contribution in [0.1, 0.15) is 38.8 Å². The van der Waals surface area contributed by atoms with E-state index in [9.17, 15) is 0 Å². The summed E-state index contributed by atoms with van der Waals surface area (Å²) >= 11 is 11.6. The van der Waals surface area contributed by atoms with Gasteiger partial charge < -0.3 is 15.0 Å². The molecule has 1 aromatic carbocycles. The molecule has 1 aromatic rings. The van der Waals surface area contributed by atoms with Gasteiger partial charge in [0.1, 0.15) is 5.75 Å². The molecule has 0 aromatic heterocycles. The van der Waals surface area contributed by atoms with Crippen LogP contribution in [-0.2, 0) is 0 Å². The molecule has 19 heavy (non-hydrogen) atoms. The highest BCUT2D eigenvalue weighted by molar-refractivity contribution is 7.80. The van der Waals surface area contributed by atoms with Crippen LogP contribution in [0.2, 0.25) is 5.02 Å². The molecule has 5 heteroatoms. The van der Waals surface area contributed by atoms with Crippen molar-refractivity contribution in [3.05, 3.63) is 28.8 Å². The number of nitrogens with one attached hydrogen (secondary N) is 1. The van der Waals surface area contributed by atoms with Crippen LogP contribution >= 0.6 is 23.8 Å². The van der Waals surface area contributed by atoms with Crippen molar-refractivity contribution in [1.82, 2.24) is 10.2 Å². The summed E-state index contributed by atoms with van der Waals surface area (Å²) in [5, 5.41) is 4.88. The summed E-state index contributed by atoms with van der Waals surface area (Å²) in [6.07, 6.45) is 0.860. The molecule has 0 aliphatic carbocycles. The van der Waals surface area contributed by atoms with Crippen molar-refractivity contribution >= 4 is 28.9 Å². The second-order valence-corrected chi connectivity index (χ2v) is 6.45. The van der Waals surface area contributed by atoms with Crippen molar-refractivity contribution < 1.29 is 4.74 Å². The zero-order chi connectivity index (χ0) is 13.8. The van der Waals surface area contributed by atoms with Gasteiger partial charge in [0, 0.05) is 23.0 Å². The normalized spacial score (nSPS) is 28.8. The van der Waals surface area contributed by atoms with Crippen molar-refractivity contribution in [3.8, 4) is 5.75 Å². The minimum Gasteiger partial charge on any atom is -0.468 e. The number of hydrogen-bond acceptors (Lipinski definition) is 2. The predicted molar refractivity (Wildman–Crippen MR) is 80.6 cm³/mol. The predicted octanol–water partition coefficient (Wildman–Crippen LogP) is 3.48. The molecule has 102 valence electrons. The van der Waals surface area contributed by atoms with E-state index in [4.69, 9.17) is 28.6 Å². The van der Waals surface area contributed by atoms with Gasteiger partial charge in [-0.1, -0.05) is 11.6 Å². The van der Waals surface area contributed by atoms with Crippen molar-refractivity contribution in [2.24, 2.45) is 0 Å². The average molecular weight is 297 g/mol. The number of fused-ring (bicyclic) bond motifs is 4. The van der Waals surface area contributed by atoms with Crippen LogP contribution < -0.4 is 10.1 Å². The van der Waals surface area contributed by atoms with E-state index in [0.29, 0.717) is 6.04 Å². The quantitative estimate of drug-likeness (QED) is 0.802. The summed E-state index contributed by atoms with van der Waals surface area (Å²) in [7, 11) is 0. The first kappa shape index (κ1) is 13.0. The summed E-state index contributed by atoms with van der Waals surface area (Å²) in [5.74, 6) is 0.892. The summed E-state index contributed by atoms with van der Waals surface area (Å²) in [4.78, 5) is 2.14. The first-order valence-electron chi connectivity index (χ1n) is 6.49. The summed E-state index contributed by atoms with van der Waals surface area (Å²) in [6, 6.07) is 6.23. The minimum absolute atomic E-state index is 0.176. The van der Waals surface area contributed by atoms with Gasteiger partial charge in [0.25, 0.3) is 0 Å². The molecule has 2 unspecified atom stereocenters. The highest BCUT2D eigenvalue weighted by Gasteiger charge is 2.48. The molecule has 1 saturated heterocycles. The molecule has 2 aliphatic rings. The molecular weight excluding hydrogens is 280 g/mol. The van der Waals surface area contributed by atoms with E-state index in [1.54, 1.807) is 0 Å². The lowest BCUT2D eigenvalue weighted by Crippen LogP contribution is -2.66. The third-order valence-electron chi connectivity index (χ3n) is 3.80. The Kier molecular flexibility index (Phi) is 2.91. The Balaban J connectivity index is 2.08. The number of hydrogen-bond donors (Lipinski definition) is 1. The number of rotatable bonds is 1. The van der Waals surface area contributed by atoms with Crippen molar-refractivity contribution in [1.29, 1.82) is 0 Å². The molecule has 1 N–H and O–H groups in total. The maximum Gasteiger partial charge on any atom is 0.184 e. The summed E-state index contributed by atoms with van der Waals surface area (Å²) in [6.45, 7) is 6.35. The van der Waals surface area contributed by atoms with E-state index >= 15 is 0 Å². The van der Waals surface area contributed by atoms with Gasteiger partial charge in [0.05, 0.1) is 6.04 Å². The Morgan fingerprint density at radius 3 is 2.95 bits per heavy atom. The second kappa shape index (κ2) is 4.25. The highest BCUT2D eigenvalue weighted by atomic mass is 35.5. The van der Waals surface area contributed by atoms with Crippen molar-refractivity contribution in [2.75, 3.05) is 0 Å². The fourth-order valence-electron chi connectivity index (χ4n) is 3.14. The SMILES string of the molecule is CC(C)N1C(=S)NC2CC1(C)Oc1ccc(Cl)cc12. The molecule has 1 fully saturated rings. The number of nitrogens with zero attached hydrogens (tertiary/aromatic N) is 1. The third-order valence-corrected chi connectivity index (χ3v) is 4.35. The van der Waals surface area contributed by atoms with Gasteiger partial charge in [-0.3, -0.25) is 0 Å². The second-order valence-electron chi connectivity index (χ2n) is 5.63. The lowest BCUT2D eigenvalue weighted by Gasteiger charge is -2.53. The monoisotopic (exact) mass is 296 g/mol. The van der Waals surface area contributed by atoms with E-state index in [0.717, 1.165) is 27.9 Å². The molecule has 0 amide bonds. The maximum absolute atomic E-state index is 6.23. The van der Waals surface area contributed by atoms with E-state index in [-0.39, 0.29) is 11.8 Å². The Morgan fingerprint density at radius 2 is 2.26 bits per heavy atom. The molecule has 0 radical (unpaired) electrons. The number of ether oxygens (including phenoxy) is 1. The van der Waals surface area contributed by atoms with Crippen LogP contribution in [0.25, 0.3) is 0 Å². The topological polar surface area (TPSA) is 24.5 Å². The van der Waals surface area contributed by atoms with Gasteiger partial charge in [0.2, 0.25) is 0 Å². The van der Waals surface area contributed by atoms with Crippen LogP contribution in [0.5, 0.6) is 5.75 Å². The molecule has 3 nitrogen and oxygen atoms in total. The molecule has 0 spiro atoms. The first-order chi connectivity index (χ1) is 8.90. The zero-order valence-corrected chi connectivity index (χ0v) is 12.8. The van der Waals surface area contributed by atoms with Gasteiger partial charge in [-0.2, -0.15) is 0 Å². The molecule has 3 rings (SSSR count). The Morgan fingerprint density at radius 1 is 1.53 bits per heavy atom. The van der Waals surface area contributed by atoms with Crippen molar-refractivity contribution in [3.63, 3.8) is 0 Å². The standard InChI is InChI=1S/C14H17ClN2OS/c1-8(2)17-13(19)16-11-7-14(17,3)18-12-5-4-9(15)6-10(11)12/h4-6,8,11H,7H2,1-3H3,(H,16,19). The summed E-state index contributed by atoms with van der Waals surface area (Å²) in [5.41, 5.74) is 0.706. The van der Waals surface area contributed by atoms with Gasteiger partial charge in [-0.15, -0.1) is 0 Å². The Hall–Kier alpha value is -1.00. The smallest absolute Gasteiger partial charge is 0.184 e. The third kappa shape index (κ3) is 1.98. The van der Waals surface area contributed by atoms with E-state index in [2.05, 4.69) is 31.0 Å². The van der Waals surface area contributed by atoms with Crippen LogP contribution in [0.3, 0.4) is 0 Å². The Labute approximate surface area is 123 Å². The average Bonchev–Trinajstić information content (AvgIpc) is 2.28. The molecule has 2 atom stereocenters. The lowest BCUT2D eigenvalue weighted by molar-refractivity contribution is -0.0808. The van der Waals surface area contributed by atoms with Crippen LogP contribution in [0, 0.1) is 0 Å². The summed E-state index contributed by atoms with van der Waals surface area (Å²) < 4.78 is 6.23. The Bertz CT molecular complexity index is 548.